The standard InChI is InChI=1S/C22H23FIN/c1-13-10-14(2)12-15(11-13)22-19-5-4-18-16(6-7-20(24)21(18)23)17(19)8-9-25(22)3/h5-12,18,20-22H,4H2,1-3H3. The maximum absolute atomic E-state index is 14.7. The maximum Gasteiger partial charge on any atom is 0.122 e. The average molecular weight is 447 g/mol. The molecule has 1 aliphatic heterocycles. The Morgan fingerprint density at radius 1 is 1.12 bits per heavy atom. The van der Waals surface area contributed by atoms with Crippen LogP contribution in [0.3, 0.4) is 0 Å². The number of rotatable bonds is 1. The lowest BCUT2D eigenvalue weighted by molar-refractivity contribution is 0.260. The summed E-state index contributed by atoms with van der Waals surface area (Å²) in [7, 11) is 2.13. The van der Waals surface area contributed by atoms with E-state index < -0.39 is 6.17 Å². The summed E-state index contributed by atoms with van der Waals surface area (Å²) in [5.74, 6) is -0.00129. The lowest BCUT2D eigenvalue weighted by Crippen LogP contribution is -2.34. The van der Waals surface area contributed by atoms with E-state index in [4.69, 9.17) is 0 Å². The first kappa shape index (κ1) is 17.1. The van der Waals surface area contributed by atoms with Crippen molar-refractivity contribution in [1.29, 1.82) is 0 Å². The van der Waals surface area contributed by atoms with Crippen molar-refractivity contribution in [1.82, 2.24) is 4.90 Å². The zero-order valence-corrected chi connectivity index (χ0v) is 17.0. The quantitative estimate of drug-likeness (QED) is 0.391. The number of alkyl halides is 2. The van der Waals surface area contributed by atoms with Crippen LogP contribution in [0.25, 0.3) is 0 Å². The van der Waals surface area contributed by atoms with Crippen molar-refractivity contribution < 1.29 is 4.39 Å². The largest absolute Gasteiger partial charge is 0.369 e. The van der Waals surface area contributed by atoms with E-state index in [2.05, 4.69) is 91.0 Å². The SMILES string of the molecule is Cc1cc(C)cc(C2C3=CCC4C(=C3C=CN2C)C=CC(I)C4F)c1. The molecule has 0 aromatic heterocycles. The smallest absolute Gasteiger partial charge is 0.122 e. The van der Waals surface area contributed by atoms with Crippen LogP contribution in [0.5, 0.6) is 0 Å². The molecule has 25 heavy (non-hydrogen) atoms. The van der Waals surface area contributed by atoms with Crippen molar-refractivity contribution in [2.24, 2.45) is 5.92 Å². The van der Waals surface area contributed by atoms with Crippen molar-refractivity contribution in [3.05, 3.63) is 82.1 Å². The van der Waals surface area contributed by atoms with Gasteiger partial charge in [0.2, 0.25) is 0 Å². The van der Waals surface area contributed by atoms with Gasteiger partial charge in [-0.25, -0.2) is 4.39 Å². The van der Waals surface area contributed by atoms with Gasteiger partial charge in [-0.15, -0.1) is 0 Å². The second-order valence-electron chi connectivity index (χ2n) is 7.42. The summed E-state index contributed by atoms with van der Waals surface area (Å²) in [5, 5.41) is 0. The van der Waals surface area contributed by atoms with Crippen LogP contribution >= 0.6 is 22.6 Å². The number of aryl methyl sites for hydroxylation is 2. The van der Waals surface area contributed by atoms with Crippen LogP contribution < -0.4 is 0 Å². The van der Waals surface area contributed by atoms with Gasteiger partial charge in [0, 0.05) is 19.2 Å². The van der Waals surface area contributed by atoms with Crippen LogP contribution in [0.1, 0.15) is 29.2 Å². The Kier molecular flexibility index (Phi) is 4.38. The van der Waals surface area contributed by atoms with Crippen LogP contribution in [0.2, 0.25) is 0 Å². The molecule has 4 rings (SSSR count). The fourth-order valence-corrected chi connectivity index (χ4v) is 5.14. The number of fused-ring (bicyclic) bond motifs is 2. The molecule has 0 spiro atoms. The Hall–Kier alpha value is -1.36. The minimum atomic E-state index is -0.793. The first-order chi connectivity index (χ1) is 12.0. The molecule has 0 saturated carbocycles. The minimum Gasteiger partial charge on any atom is -0.369 e. The van der Waals surface area contributed by atoms with Gasteiger partial charge in [0.05, 0.1) is 9.97 Å². The van der Waals surface area contributed by atoms with E-state index in [-0.39, 0.29) is 15.9 Å². The molecule has 2 aliphatic carbocycles. The highest BCUT2D eigenvalue weighted by Gasteiger charge is 2.38. The summed E-state index contributed by atoms with van der Waals surface area (Å²) in [6.07, 6.45) is 10.8. The Morgan fingerprint density at radius 3 is 2.56 bits per heavy atom. The number of allylic oxidation sites excluding steroid dienone is 5. The molecule has 1 aromatic carbocycles. The van der Waals surface area contributed by atoms with E-state index in [0.717, 1.165) is 6.42 Å². The van der Waals surface area contributed by atoms with E-state index in [0.29, 0.717) is 0 Å². The Balaban J connectivity index is 1.83. The molecule has 0 bridgehead atoms. The number of nitrogens with zero attached hydrogens (tertiary/aromatic N) is 1. The molecule has 0 radical (unpaired) electrons. The van der Waals surface area contributed by atoms with E-state index >= 15 is 0 Å². The fourth-order valence-electron chi connectivity index (χ4n) is 4.43. The molecule has 4 unspecified atom stereocenters. The van der Waals surface area contributed by atoms with E-state index in [1.807, 2.05) is 6.08 Å². The molecular weight excluding hydrogens is 424 g/mol. The number of hydrogen-bond donors (Lipinski definition) is 0. The van der Waals surface area contributed by atoms with Crippen LogP contribution in [0.15, 0.2) is 65.4 Å². The molecule has 1 aromatic rings. The van der Waals surface area contributed by atoms with E-state index in [1.54, 1.807) is 0 Å². The molecule has 1 nitrogen and oxygen atoms in total. The number of benzene rings is 1. The molecule has 3 heteroatoms. The molecule has 130 valence electrons. The summed E-state index contributed by atoms with van der Waals surface area (Å²) in [5.41, 5.74) is 7.61. The molecule has 1 heterocycles. The van der Waals surface area contributed by atoms with Gasteiger partial charge < -0.3 is 4.90 Å². The van der Waals surface area contributed by atoms with Crippen molar-refractivity contribution in [3.8, 4) is 0 Å². The monoisotopic (exact) mass is 447 g/mol. The first-order valence-corrected chi connectivity index (χ1v) is 10.1. The van der Waals surface area contributed by atoms with Crippen molar-refractivity contribution >= 4 is 22.6 Å². The normalized spacial score (nSPS) is 30.9. The molecule has 0 fully saturated rings. The molecule has 0 N–H and O–H groups in total. The van der Waals surface area contributed by atoms with E-state index in [1.165, 1.54) is 33.4 Å². The predicted molar refractivity (Wildman–Crippen MR) is 111 cm³/mol. The lowest BCUT2D eigenvalue weighted by atomic mass is 9.73. The van der Waals surface area contributed by atoms with Crippen molar-refractivity contribution in [3.63, 3.8) is 0 Å². The van der Waals surface area contributed by atoms with Gasteiger partial charge >= 0.3 is 0 Å². The van der Waals surface area contributed by atoms with Gasteiger partial charge in [-0.05, 0) is 48.6 Å². The zero-order valence-electron chi connectivity index (χ0n) is 14.8. The second kappa shape index (κ2) is 6.42. The number of halogens is 2. The van der Waals surface area contributed by atoms with Crippen molar-refractivity contribution in [2.45, 2.75) is 36.4 Å². The van der Waals surface area contributed by atoms with Crippen LogP contribution in [0, 0.1) is 19.8 Å². The topological polar surface area (TPSA) is 3.24 Å². The van der Waals surface area contributed by atoms with Crippen molar-refractivity contribution in [2.75, 3.05) is 7.05 Å². The Morgan fingerprint density at radius 2 is 1.84 bits per heavy atom. The van der Waals surface area contributed by atoms with E-state index in [9.17, 15) is 4.39 Å². The molecular formula is C22H23FIN. The summed E-state index contributed by atoms with van der Waals surface area (Å²) in [6.45, 7) is 4.30. The molecule has 4 atom stereocenters. The molecule has 0 amide bonds. The summed E-state index contributed by atoms with van der Waals surface area (Å²) >= 11 is 2.21. The van der Waals surface area contributed by atoms with Gasteiger partial charge in [-0.2, -0.15) is 0 Å². The van der Waals surface area contributed by atoms with Gasteiger partial charge in [0.1, 0.15) is 6.17 Å². The maximum atomic E-state index is 14.7. The highest BCUT2D eigenvalue weighted by atomic mass is 127. The third-order valence-electron chi connectivity index (χ3n) is 5.50. The first-order valence-electron chi connectivity index (χ1n) is 8.85. The van der Waals surface area contributed by atoms with Crippen LogP contribution in [-0.2, 0) is 0 Å². The Bertz CT molecular complexity index is 812. The second-order valence-corrected chi connectivity index (χ2v) is 8.86. The number of likely N-dealkylation sites (N-methyl/N-ethyl adjacent to an activating group) is 1. The zero-order chi connectivity index (χ0) is 17.7. The predicted octanol–water partition coefficient (Wildman–Crippen LogP) is 5.76. The molecule has 0 saturated heterocycles. The van der Waals surface area contributed by atoms with Gasteiger partial charge in [0.15, 0.2) is 0 Å². The van der Waals surface area contributed by atoms with Gasteiger partial charge in [-0.3, -0.25) is 0 Å². The summed E-state index contributed by atoms with van der Waals surface area (Å²) in [6, 6.07) is 6.97. The Labute approximate surface area is 163 Å². The molecule has 3 aliphatic rings. The highest BCUT2D eigenvalue weighted by molar-refractivity contribution is 14.1. The third-order valence-corrected chi connectivity index (χ3v) is 6.60. The summed E-state index contributed by atoms with van der Waals surface area (Å²) in [4.78, 5) is 2.27. The summed E-state index contributed by atoms with van der Waals surface area (Å²) < 4.78 is 14.7. The van der Waals surface area contributed by atoms with Crippen LogP contribution in [0.4, 0.5) is 4.39 Å². The highest BCUT2D eigenvalue weighted by Crippen LogP contribution is 2.46. The average Bonchev–Trinajstić information content (AvgIpc) is 2.56. The number of hydrogen-bond acceptors (Lipinski definition) is 1. The lowest BCUT2D eigenvalue weighted by Gasteiger charge is -2.40. The fraction of sp³-hybridized carbons (Fsp3) is 0.364. The third kappa shape index (κ3) is 2.90. The van der Waals surface area contributed by atoms with Crippen LogP contribution in [-0.4, -0.2) is 22.0 Å². The minimum absolute atomic E-state index is 0.00129. The van der Waals surface area contributed by atoms with Gasteiger partial charge in [0.25, 0.3) is 0 Å². The van der Waals surface area contributed by atoms with Gasteiger partial charge in [-0.1, -0.05) is 70.1 Å².